The van der Waals surface area contributed by atoms with E-state index in [4.69, 9.17) is 10.5 Å². The van der Waals surface area contributed by atoms with Crippen LogP contribution in [0.3, 0.4) is 0 Å². The van der Waals surface area contributed by atoms with Gasteiger partial charge >= 0.3 is 6.18 Å². The molecule has 1 aromatic carbocycles. The normalized spacial score (nSPS) is 12.7. The Kier molecular flexibility index (Phi) is 4.74. The van der Waals surface area contributed by atoms with E-state index in [0.717, 1.165) is 6.08 Å². The van der Waals surface area contributed by atoms with E-state index in [2.05, 4.69) is 0 Å². The quantitative estimate of drug-likeness (QED) is 0.856. The first-order valence-corrected chi connectivity index (χ1v) is 5.23. The minimum Gasteiger partial charge on any atom is -0.497 e. The average molecular weight is 271 g/mol. The van der Waals surface area contributed by atoms with Gasteiger partial charge in [-0.25, -0.2) is 0 Å². The van der Waals surface area contributed by atoms with Crippen LogP contribution in [0.15, 0.2) is 42.1 Å². The number of nitrogens with two attached hydrogens (primary N) is 1. The van der Waals surface area contributed by atoms with Crippen molar-refractivity contribution >= 4 is 11.9 Å². The van der Waals surface area contributed by atoms with Crippen molar-refractivity contribution in [3.8, 4) is 5.75 Å². The first-order chi connectivity index (χ1) is 8.82. The molecule has 0 radical (unpaired) electrons. The molecule has 1 aromatic rings. The van der Waals surface area contributed by atoms with Gasteiger partial charge in [0.25, 0.3) is 0 Å². The van der Waals surface area contributed by atoms with Crippen molar-refractivity contribution in [2.75, 3.05) is 7.11 Å². The molecule has 0 bridgehead atoms. The molecule has 19 heavy (non-hydrogen) atoms. The highest BCUT2D eigenvalue weighted by Gasteiger charge is 2.31. The monoisotopic (exact) mass is 271 g/mol. The molecule has 0 atom stereocenters. The van der Waals surface area contributed by atoms with Crippen LogP contribution >= 0.6 is 0 Å². The summed E-state index contributed by atoms with van der Waals surface area (Å²) in [4.78, 5) is 11.2. The Morgan fingerprint density at radius 1 is 1.26 bits per heavy atom. The lowest BCUT2D eigenvalue weighted by Gasteiger charge is -2.04. The van der Waals surface area contributed by atoms with Gasteiger partial charge in [0.05, 0.1) is 7.11 Å². The van der Waals surface area contributed by atoms with E-state index in [9.17, 15) is 18.0 Å². The third-order valence-electron chi connectivity index (χ3n) is 2.18. The van der Waals surface area contributed by atoms with Gasteiger partial charge in [-0.15, -0.1) is 0 Å². The predicted octanol–water partition coefficient (Wildman–Crippen LogP) is 2.68. The smallest absolute Gasteiger partial charge is 0.430 e. The lowest BCUT2D eigenvalue weighted by atomic mass is 10.2. The first kappa shape index (κ1) is 14.8. The van der Waals surface area contributed by atoms with Crippen LogP contribution in [0.5, 0.6) is 5.75 Å². The van der Waals surface area contributed by atoms with Gasteiger partial charge < -0.3 is 10.5 Å². The summed E-state index contributed by atoms with van der Waals surface area (Å²) in [5.74, 6) is -0.185. The largest absolute Gasteiger partial charge is 0.497 e. The van der Waals surface area contributed by atoms with Crippen LogP contribution in [0, 0.1) is 0 Å². The van der Waals surface area contributed by atoms with Crippen molar-refractivity contribution in [3.05, 3.63) is 47.7 Å². The van der Waals surface area contributed by atoms with Gasteiger partial charge in [0.2, 0.25) is 0 Å². The number of carbonyl (C=O) groups is 1. The molecule has 3 nitrogen and oxygen atoms in total. The van der Waals surface area contributed by atoms with Gasteiger partial charge in [0, 0.05) is 6.08 Å². The van der Waals surface area contributed by atoms with E-state index in [1.54, 1.807) is 24.3 Å². The van der Waals surface area contributed by atoms with Gasteiger partial charge in [-0.3, -0.25) is 4.79 Å². The minimum atomic E-state index is -4.69. The number of hydrogen-bond donors (Lipinski definition) is 1. The number of ketones is 1. The summed E-state index contributed by atoms with van der Waals surface area (Å²) < 4.78 is 41.2. The molecule has 0 amide bonds. The van der Waals surface area contributed by atoms with E-state index in [1.165, 1.54) is 13.2 Å². The zero-order valence-corrected chi connectivity index (χ0v) is 10.1. The number of alkyl halides is 3. The molecule has 0 heterocycles. The molecule has 0 aliphatic heterocycles. The lowest BCUT2D eigenvalue weighted by Crippen LogP contribution is -2.20. The molecule has 0 spiro atoms. The number of ether oxygens (including phenoxy) is 1. The maximum atomic E-state index is 12.1. The molecule has 0 aliphatic carbocycles. The average Bonchev–Trinajstić information content (AvgIpc) is 2.35. The number of hydrogen-bond acceptors (Lipinski definition) is 3. The molecular weight excluding hydrogens is 259 g/mol. The summed E-state index contributed by atoms with van der Waals surface area (Å²) in [7, 11) is 1.51. The number of benzene rings is 1. The summed E-state index contributed by atoms with van der Waals surface area (Å²) in [5, 5.41) is 0. The van der Waals surface area contributed by atoms with Crippen LogP contribution in [-0.2, 0) is 4.79 Å². The predicted molar refractivity (Wildman–Crippen MR) is 65.4 cm³/mol. The summed E-state index contributed by atoms with van der Waals surface area (Å²) in [6.45, 7) is 0. The van der Waals surface area contributed by atoms with E-state index in [-0.39, 0.29) is 0 Å². The Morgan fingerprint density at radius 2 is 1.84 bits per heavy atom. The number of carbonyl (C=O) groups excluding carboxylic acids is 1. The van der Waals surface area contributed by atoms with Crippen molar-refractivity contribution < 1.29 is 22.7 Å². The highest BCUT2D eigenvalue weighted by Crippen LogP contribution is 2.21. The second-order valence-electron chi connectivity index (χ2n) is 3.61. The molecule has 0 aromatic heterocycles. The first-order valence-electron chi connectivity index (χ1n) is 5.23. The van der Waals surface area contributed by atoms with Gasteiger partial charge in [-0.05, 0) is 23.8 Å². The van der Waals surface area contributed by atoms with Crippen molar-refractivity contribution in [1.29, 1.82) is 0 Å². The fourth-order valence-electron chi connectivity index (χ4n) is 1.18. The van der Waals surface area contributed by atoms with Crippen LogP contribution in [-0.4, -0.2) is 19.1 Å². The third-order valence-corrected chi connectivity index (χ3v) is 2.18. The molecule has 2 N–H and O–H groups in total. The summed E-state index contributed by atoms with van der Waals surface area (Å²) in [6, 6.07) is 6.67. The fraction of sp³-hybridized carbons (Fsp3) is 0.154. The van der Waals surface area contributed by atoms with Crippen LogP contribution in [0.25, 0.3) is 6.08 Å². The Bertz CT molecular complexity index is 502. The van der Waals surface area contributed by atoms with Crippen molar-refractivity contribution in [2.24, 2.45) is 5.73 Å². The van der Waals surface area contributed by atoms with E-state index in [1.807, 2.05) is 0 Å². The van der Waals surface area contributed by atoms with E-state index < -0.39 is 17.7 Å². The maximum Gasteiger partial charge on any atom is 0.430 e. The summed E-state index contributed by atoms with van der Waals surface area (Å²) in [6.07, 6.45) is -1.94. The molecule has 102 valence electrons. The maximum absolute atomic E-state index is 12.1. The van der Waals surface area contributed by atoms with Crippen LogP contribution in [0.4, 0.5) is 13.2 Å². The minimum absolute atomic E-state index is 0.347. The number of halogens is 3. The molecule has 1 rings (SSSR count). The highest BCUT2D eigenvalue weighted by molar-refractivity contribution is 6.02. The van der Waals surface area contributed by atoms with Crippen LogP contribution in [0.2, 0.25) is 0 Å². The number of rotatable bonds is 4. The number of methoxy groups -OCH3 is 1. The summed E-state index contributed by atoms with van der Waals surface area (Å²) in [5.41, 5.74) is 3.96. The summed E-state index contributed by atoms with van der Waals surface area (Å²) >= 11 is 0. The van der Waals surface area contributed by atoms with E-state index >= 15 is 0 Å². The molecule has 0 saturated carbocycles. The second-order valence-corrected chi connectivity index (χ2v) is 3.61. The molecule has 6 heteroatoms. The van der Waals surface area contributed by atoms with Crippen LogP contribution in [0.1, 0.15) is 5.56 Å². The topological polar surface area (TPSA) is 52.3 Å². The van der Waals surface area contributed by atoms with Crippen LogP contribution < -0.4 is 10.5 Å². The van der Waals surface area contributed by atoms with Crippen molar-refractivity contribution in [2.45, 2.75) is 6.18 Å². The lowest BCUT2D eigenvalue weighted by molar-refractivity contribution is -0.112. The van der Waals surface area contributed by atoms with Gasteiger partial charge in [0.1, 0.15) is 11.4 Å². The Morgan fingerprint density at radius 3 is 2.32 bits per heavy atom. The second kappa shape index (κ2) is 6.08. The zero-order chi connectivity index (χ0) is 14.5. The van der Waals surface area contributed by atoms with E-state index in [0.29, 0.717) is 17.4 Å². The van der Waals surface area contributed by atoms with Crippen molar-refractivity contribution in [3.63, 3.8) is 0 Å². The van der Waals surface area contributed by atoms with Gasteiger partial charge in [-0.1, -0.05) is 18.2 Å². The number of allylic oxidation sites excluding steroid dienone is 3. The Hall–Kier alpha value is -2.24. The van der Waals surface area contributed by atoms with Crippen molar-refractivity contribution in [1.82, 2.24) is 0 Å². The zero-order valence-electron chi connectivity index (χ0n) is 10.1. The molecule has 0 fully saturated rings. The molecule has 0 unspecified atom stereocenters. The molecule has 0 aliphatic rings. The highest BCUT2D eigenvalue weighted by atomic mass is 19.4. The SMILES string of the molecule is COc1ccc(/C=C/C(=O)/C=C(\N)C(F)(F)F)cc1. The molecule has 0 saturated heterocycles. The Balaban J connectivity index is 2.73. The fourth-order valence-corrected chi connectivity index (χ4v) is 1.18. The standard InChI is InChI=1S/C13H12F3NO2/c1-19-11-6-3-9(4-7-11)2-5-10(18)8-12(17)13(14,15)16/h2-8H,17H2,1H3/b5-2+,12-8-. The molecular formula is C13H12F3NO2. The van der Waals surface area contributed by atoms with Gasteiger partial charge in [0.15, 0.2) is 5.78 Å². The third kappa shape index (κ3) is 4.87. The Labute approximate surface area is 108 Å². The van der Waals surface area contributed by atoms with Gasteiger partial charge in [-0.2, -0.15) is 13.2 Å².